The van der Waals surface area contributed by atoms with Gasteiger partial charge < -0.3 is 24.2 Å². The van der Waals surface area contributed by atoms with Crippen molar-refractivity contribution >= 4 is 23.0 Å². The summed E-state index contributed by atoms with van der Waals surface area (Å²) >= 11 is 1.26. The molecule has 1 aromatic heterocycles. The zero-order chi connectivity index (χ0) is 25.1. The summed E-state index contributed by atoms with van der Waals surface area (Å²) in [6, 6.07) is 4.58. The average molecular weight is 502 g/mol. The number of methoxy groups -OCH3 is 1. The first-order valence-corrected chi connectivity index (χ1v) is 12.5. The first-order chi connectivity index (χ1) is 16.8. The van der Waals surface area contributed by atoms with Gasteiger partial charge in [-0.05, 0) is 38.5 Å². The van der Waals surface area contributed by atoms with Crippen molar-refractivity contribution in [3.05, 3.63) is 50.7 Å². The van der Waals surface area contributed by atoms with E-state index < -0.39 is 17.7 Å². The van der Waals surface area contributed by atoms with Crippen molar-refractivity contribution in [2.45, 2.75) is 26.8 Å². The number of carbonyl (C=O) groups excluding carboxylic acids is 2. The van der Waals surface area contributed by atoms with Crippen molar-refractivity contribution in [3.8, 4) is 11.5 Å². The van der Waals surface area contributed by atoms with Crippen LogP contribution in [0.4, 0.5) is 0 Å². The smallest absolute Gasteiger partial charge is 0.290 e. The summed E-state index contributed by atoms with van der Waals surface area (Å²) in [6.45, 7) is 9.72. The predicted molar refractivity (Wildman–Crippen MR) is 131 cm³/mol. The normalized spacial score (nSPS) is 18.9. The summed E-state index contributed by atoms with van der Waals surface area (Å²) < 4.78 is 16.6. The lowest BCUT2D eigenvalue weighted by molar-refractivity contribution is -0.129. The molecule has 1 N–H and O–H groups in total. The van der Waals surface area contributed by atoms with Crippen molar-refractivity contribution in [3.63, 3.8) is 0 Å². The van der Waals surface area contributed by atoms with Gasteiger partial charge in [0.15, 0.2) is 17.3 Å². The van der Waals surface area contributed by atoms with E-state index in [2.05, 4.69) is 9.88 Å². The van der Waals surface area contributed by atoms with Gasteiger partial charge in [-0.3, -0.25) is 14.5 Å². The second kappa shape index (κ2) is 10.8. The summed E-state index contributed by atoms with van der Waals surface area (Å²) in [7, 11) is 1.54. The third-order valence-electron chi connectivity index (χ3n) is 6.22. The maximum absolute atomic E-state index is 13.7. The highest BCUT2D eigenvalue weighted by Crippen LogP contribution is 2.42. The Hall–Kier alpha value is -2.95. The Morgan fingerprint density at radius 2 is 1.97 bits per heavy atom. The van der Waals surface area contributed by atoms with Crippen LogP contribution < -0.4 is 9.47 Å². The number of aliphatic hydroxyl groups excluding tert-OH is 1. The van der Waals surface area contributed by atoms with Crippen LogP contribution in [0.3, 0.4) is 0 Å². The molecular formula is C25H31N3O6S. The standard InChI is InChI=1S/C25H31N3O6S/c1-5-34-18-7-6-17(14-19(18)32-4)21-20(22(29)24-15(2)26-16(3)35-24)23(30)25(31)28(21)9-8-27-10-12-33-13-11-27/h6-7,14,21,30H,5,8-13H2,1-4H3. The summed E-state index contributed by atoms with van der Waals surface area (Å²) in [4.78, 5) is 35.5. The van der Waals surface area contributed by atoms with E-state index in [1.54, 1.807) is 31.1 Å². The van der Waals surface area contributed by atoms with Crippen molar-refractivity contribution in [2.24, 2.45) is 0 Å². The molecular weight excluding hydrogens is 470 g/mol. The third kappa shape index (κ3) is 5.05. The Bertz CT molecular complexity index is 1140. The molecule has 0 radical (unpaired) electrons. The lowest BCUT2D eigenvalue weighted by Crippen LogP contribution is -2.43. The highest BCUT2D eigenvalue weighted by Gasteiger charge is 2.44. The zero-order valence-electron chi connectivity index (χ0n) is 20.5. The number of nitrogens with zero attached hydrogens (tertiary/aromatic N) is 3. The Kier molecular flexibility index (Phi) is 7.73. The lowest BCUT2D eigenvalue weighted by atomic mass is 9.94. The molecule has 2 aliphatic heterocycles. The molecule has 3 heterocycles. The Morgan fingerprint density at radius 1 is 1.23 bits per heavy atom. The predicted octanol–water partition coefficient (Wildman–Crippen LogP) is 3.08. The summed E-state index contributed by atoms with van der Waals surface area (Å²) in [5.74, 6) is -0.393. The molecule has 0 bridgehead atoms. The van der Waals surface area contributed by atoms with Gasteiger partial charge in [-0.1, -0.05) is 6.07 Å². The molecule has 0 spiro atoms. The van der Waals surface area contributed by atoms with E-state index in [1.807, 2.05) is 19.9 Å². The van der Waals surface area contributed by atoms with E-state index in [4.69, 9.17) is 14.2 Å². The molecule has 0 aliphatic carbocycles. The van der Waals surface area contributed by atoms with Gasteiger partial charge in [-0.25, -0.2) is 4.98 Å². The molecule has 4 rings (SSSR count). The highest BCUT2D eigenvalue weighted by atomic mass is 32.1. The minimum absolute atomic E-state index is 0.0648. The largest absolute Gasteiger partial charge is 0.503 e. The average Bonchev–Trinajstić information content (AvgIpc) is 3.33. The molecule has 1 fully saturated rings. The van der Waals surface area contributed by atoms with E-state index in [0.29, 0.717) is 60.5 Å². The number of rotatable bonds is 9. The van der Waals surface area contributed by atoms with Crippen molar-refractivity contribution < 1.29 is 28.9 Å². The number of ketones is 1. The van der Waals surface area contributed by atoms with E-state index in [-0.39, 0.29) is 11.4 Å². The van der Waals surface area contributed by atoms with Crippen LogP contribution in [0.1, 0.15) is 38.9 Å². The first kappa shape index (κ1) is 25.2. The van der Waals surface area contributed by atoms with Crippen molar-refractivity contribution in [2.75, 3.05) is 53.1 Å². The molecule has 10 heteroatoms. The Balaban J connectivity index is 1.74. The Labute approximate surface area is 208 Å². The molecule has 1 aromatic carbocycles. The molecule has 1 atom stereocenters. The van der Waals surface area contributed by atoms with Crippen molar-refractivity contribution in [1.82, 2.24) is 14.8 Å². The van der Waals surface area contributed by atoms with Crippen LogP contribution in [0.15, 0.2) is 29.5 Å². The molecule has 1 unspecified atom stereocenters. The molecule has 1 saturated heterocycles. The maximum Gasteiger partial charge on any atom is 0.290 e. The number of carbonyl (C=O) groups is 2. The number of ether oxygens (including phenoxy) is 3. The van der Waals surface area contributed by atoms with E-state index in [9.17, 15) is 14.7 Å². The summed E-state index contributed by atoms with van der Waals surface area (Å²) in [6.07, 6.45) is 0. The van der Waals surface area contributed by atoms with Gasteiger partial charge in [0.1, 0.15) is 0 Å². The van der Waals surface area contributed by atoms with Gasteiger partial charge >= 0.3 is 0 Å². The molecule has 9 nitrogen and oxygen atoms in total. The van der Waals surface area contributed by atoms with Crippen LogP contribution in [0.25, 0.3) is 0 Å². The van der Waals surface area contributed by atoms with Crippen LogP contribution in [0.5, 0.6) is 11.5 Å². The number of hydrogen-bond donors (Lipinski definition) is 1. The lowest BCUT2D eigenvalue weighted by Gasteiger charge is -2.32. The monoisotopic (exact) mass is 501 g/mol. The topological polar surface area (TPSA) is 101 Å². The fraction of sp³-hybridized carbons (Fsp3) is 0.480. The molecule has 2 aromatic rings. The summed E-state index contributed by atoms with van der Waals surface area (Å²) in [5.41, 5.74) is 1.31. The molecule has 188 valence electrons. The van der Waals surface area contributed by atoms with E-state index in [1.165, 1.54) is 11.3 Å². The van der Waals surface area contributed by atoms with Crippen LogP contribution in [-0.2, 0) is 9.53 Å². The van der Waals surface area contributed by atoms with Crippen molar-refractivity contribution in [1.29, 1.82) is 0 Å². The molecule has 35 heavy (non-hydrogen) atoms. The first-order valence-electron chi connectivity index (χ1n) is 11.7. The van der Waals surface area contributed by atoms with Crippen LogP contribution in [0, 0.1) is 13.8 Å². The zero-order valence-corrected chi connectivity index (χ0v) is 21.3. The number of aromatic nitrogens is 1. The molecule has 1 amide bonds. The fourth-order valence-corrected chi connectivity index (χ4v) is 5.40. The number of benzene rings is 1. The second-order valence-electron chi connectivity index (χ2n) is 8.44. The molecule has 2 aliphatic rings. The molecule has 0 saturated carbocycles. The number of aryl methyl sites for hydroxylation is 2. The van der Waals surface area contributed by atoms with Gasteiger partial charge in [-0.15, -0.1) is 11.3 Å². The van der Waals surface area contributed by atoms with Crippen LogP contribution >= 0.6 is 11.3 Å². The van der Waals surface area contributed by atoms with Gasteiger partial charge in [0, 0.05) is 26.2 Å². The van der Waals surface area contributed by atoms with Gasteiger partial charge in [-0.2, -0.15) is 0 Å². The van der Waals surface area contributed by atoms with E-state index >= 15 is 0 Å². The van der Waals surface area contributed by atoms with Gasteiger partial charge in [0.2, 0.25) is 5.78 Å². The summed E-state index contributed by atoms with van der Waals surface area (Å²) in [5, 5.41) is 11.7. The minimum Gasteiger partial charge on any atom is -0.503 e. The van der Waals surface area contributed by atoms with Crippen LogP contribution in [0.2, 0.25) is 0 Å². The maximum atomic E-state index is 13.7. The SMILES string of the molecule is CCOc1ccc(C2C(C(=O)c3sc(C)nc3C)=C(O)C(=O)N2CCN2CCOCC2)cc1OC. The Morgan fingerprint density at radius 3 is 2.60 bits per heavy atom. The minimum atomic E-state index is -0.762. The van der Waals surface area contributed by atoms with Gasteiger partial charge in [0.25, 0.3) is 5.91 Å². The van der Waals surface area contributed by atoms with E-state index in [0.717, 1.165) is 18.1 Å². The fourth-order valence-electron chi connectivity index (χ4n) is 4.53. The highest BCUT2D eigenvalue weighted by molar-refractivity contribution is 7.14. The number of aliphatic hydroxyl groups is 1. The number of Topliss-reactive ketones (excluding diaryl/α,β-unsaturated/α-hetero) is 1. The quantitative estimate of drug-likeness (QED) is 0.523. The second-order valence-corrected chi connectivity index (χ2v) is 9.64. The number of hydrogen-bond acceptors (Lipinski definition) is 9. The third-order valence-corrected chi connectivity index (χ3v) is 7.29. The van der Waals surface area contributed by atoms with Crippen LogP contribution in [-0.4, -0.2) is 84.7 Å². The number of amides is 1. The van der Waals surface area contributed by atoms with Gasteiger partial charge in [0.05, 0.1) is 54.1 Å². The number of thiazole rings is 1. The number of morpholine rings is 1.